The molecule has 2 atom stereocenters. The van der Waals surface area contributed by atoms with Gasteiger partial charge in [0.2, 0.25) is 0 Å². The maximum atomic E-state index is 12.3. The van der Waals surface area contributed by atoms with Crippen LogP contribution in [0.5, 0.6) is 0 Å². The van der Waals surface area contributed by atoms with Crippen LogP contribution in [-0.4, -0.2) is 22.9 Å². The number of fused-ring (bicyclic) bond motifs is 3. The summed E-state index contributed by atoms with van der Waals surface area (Å²) in [7, 11) is 0. The third kappa shape index (κ3) is 2.39. The molecule has 0 aliphatic carbocycles. The fraction of sp³-hybridized carbons (Fsp3) is 0.538. The summed E-state index contributed by atoms with van der Waals surface area (Å²) in [6.07, 6.45) is 0. The fourth-order valence-electron chi connectivity index (χ4n) is 2.37. The monoisotopic (exact) mass is 295 g/mol. The molecular weight excluding hydrogens is 278 g/mol. The predicted octanol–water partition coefficient (Wildman–Crippen LogP) is 2.39. The summed E-state index contributed by atoms with van der Waals surface area (Å²) >= 11 is 3.59. The maximum Gasteiger partial charge on any atom is 0.268 e. The minimum absolute atomic E-state index is 0.0493. The second kappa shape index (κ2) is 4.52. The number of carbonyl (C=O) groups excluding carboxylic acids is 1. The lowest BCUT2D eigenvalue weighted by Crippen LogP contribution is -2.46. The van der Waals surface area contributed by atoms with E-state index in [9.17, 15) is 4.79 Å². The minimum Gasteiger partial charge on any atom is -0.346 e. The Balaban J connectivity index is 1.80. The summed E-state index contributed by atoms with van der Waals surface area (Å²) in [4.78, 5) is 12.3. The number of thioether (sulfide) groups is 1. The van der Waals surface area contributed by atoms with Gasteiger partial charge in [-0.1, -0.05) is 0 Å². The minimum atomic E-state index is -0.229. The maximum absolute atomic E-state index is 12.3. The molecule has 0 spiro atoms. The zero-order valence-corrected chi connectivity index (χ0v) is 12.8. The summed E-state index contributed by atoms with van der Waals surface area (Å²) in [5, 5.41) is 9.39. The smallest absolute Gasteiger partial charge is 0.268 e. The lowest BCUT2D eigenvalue weighted by Gasteiger charge is -2.26. The molecule has 0 fully saturated rings. The predicted molar refractivity (Wildman–Crippen MR) is 79.7 cm³/mol. The van der Waals surface area contributed by atoms with Crippen molar-refractivity contribution in [1.29, 1.82) is 0 Å². The Labute approximate surface area is 121 Å². The first-order chi connectivity index (χ1) is 8.96. The standard InChI is InChI=1S/C13H17N3OS2/c1-13(2,3)14-11(17)10-8-6-19-12-7(4-5-18-12)9(8)15-16-10/h4-5,8-9,15H,6H2,1-3H3,(H,14,17). The number of hydrazone groups is 1. The highest BCUT2D eigenvalue weighted by Gasteiger charge is 2.41. The van der Waals surface area contributed by atoms with E-state index in [4.69, 9.17) is 0 Å². The van der Waals surface area contributed by atoms with Gasteiger partial charge in [0.25, 0.3) is 5.91 Å². The molecule has 6 heteroatoms. The highest BCUT2D eigenvalue weighted by Crippen LogP contribution is 2.45. The van der Waals surface area contributed by atoms with E-state index in [1.54, 1.807) is 11.3 Å². The second-order valence-corrected chi connectivity index (χ2v) is 8.09. The number of thiophene rings is 1. The quantitative estimate of drug-likeness (QED) is 0.836. The average Bonchev–Trinajstić information content (AvgIpc) is 2.92. The van der Waals surface area contributed by atoms with Crippen molar-refractivity contribution in [1.82, 2.24) is 10.7 Å². The second-order valence-electron chi connectivity index (χ2n) is 5.89. The van der Waals surface area contributed by atoms with Crippen molar-refractivity contribution in [3.05, 3.63) is 17.0 Å². The van der Waals surface area contributed by atoms with E-state index < -0.39 is 0 Å². The SMILES string of the molecule is CC(C)(C)NC(=O)C1=NNC2c3ccsc3SCC12. The van der Waals surface area contributed by atoms with Crippen LogP contribution in [0.4, 0.5) is 0 Å². The van der Waals surface area contributed by atoms with Crippen LogP contribution >= 0.6 is 23.1 Å². The zero-order chi connectivity index (χ0) is 13.6. The summed E-state index contributed by atoms with van der Waals surface area (Å²) < 4.78 is 1.35. The Morgan fingerprint density at radius 2 is 2.32 bits per heavy atom. The van der Waals surface area contributed by atoms with Gasteiger partial charge in [-0.05, 0) is 32.2 Å². The fourth-order valence-corrected chi connectivity index (χ4v) is 4.73. The largest absolute Gasteiger partial charge is 0.346 e. The van der Waals surface area contributed by atoms with Gasteiger partial charge >= 0.3 is 0 Å². The van der Waals surface area contributed by atoms with Crippen molar-refractivity contribution >= 4 is 34.7 Å². The van der Waals surface area contributed by atoms with Gasteiger partial charge in [0.1, 0.15) is 5.71 Å². The average molecular weight is 295 g/mol. The molecule has 2 N–H and O–H groups in total. The van der Waals surface area contributed by atoms with Crippen molar-refractivity contribution in [2.45, 2.75) is 36.6 Å². The number of hydrogen-bond acceptors (Lipinski definition) is 5. The van der Waals surface area contributed by atoms with E-state index in [0.29, 0.717) is 5.71 Å². The van der Waals surface area contributed by atoms with Crippen molar-refractivity contribution in [2.75, 3.05) is 5.75 Å². The molecule has 0 radical (unpaired) electrons. The summed E-state index contributed by atoms with van der Waals surface area (Å²) in [6, 6.07) is 2.31. The first-order valence-corrected chi connectivity index (χ1v) is 8.18. The highest BCUT2D eigenvalue weighted by molar-refractivity contribution is 8.01. The third-order valence-corrected chi connectivity index (χ3v) is 5.57. The van der Waals surface area contributed by atoms with Crippen LogP contribution in [0.15, 0.2) is 20.8 Å². The number of hydrogen-bond donors (Lipinski definition) is 2. The van der Waals surface area contributed by atoms with Gasteiger partial charge in [0, 0.05) is 22.8 Å². The summed E-state index contributed by atoms with van der Waals surface area (Å²) in [5.41, 5.74) is 4.84. The van der Waals surface area contributed by atoms with Gasteiger partial charge in [0.05, 0.1) is 10.3 Å². The Hall–Kier alpha value is -1.01. The molecule has 19 heavy (non-hydrogen) atoms. The molecule has 1 aromatic rings. The molecule has 102 valence electrons. The van der Waals surface area contributed by atoms with E-state index >= 15 is 0 Å². The molecular formula is C13H17N3OS2. The number of nitrogens with one attached hydrogen (secondary N) is 2. The summed E-state index contributed by atoms with van der Waals surface area (Å²) in [5.74, 6) is 1.04. The van der Waals surface area contributed by atoms with Crippen LogP contribution in [0.1, 0.15) is 32.4 Å². The molecule has 0 saturated carbocycles. The molecule has 0 bridgehead atoms. The van der Waals surface area contributed by atoms with Crippen LogP contribution in [0.2, 0.25) is 0 Å². The Bertz CT molecular complexity index is 544. The van der Waals surface area contributed by atoms with E-state index in [-0.39, 0.29) is 23.4 Å². The van der Waals surface area contributed by atoms with Crippen LogP contribution < -0.4 is 10.7 Å². The molecule has 2 unspecified atom stereocenters. The van der Waals surface area contributed by atoms with Crippen molar-refractivity contribution < 1.29 is 4.79 Å². The van der Waals surface area contributed by atoms with E-state index in [1.807, 2.05) is 32.5 Å². The molecule has 2 aliphatic heterocycles. The topological polar surface area (TPSA) is 53.5 Å². The molecule has 1 amide bonds. The van der Waals surface area contributed by atoms with Crippen molar-refractivity contribution in [3.8, 4) is 0 Å². The van der Waals surface area contributed by atoms with E-state index in [1.165, 1.54) is 9.77 Å². The van der Waals surface area contributed by atoms with Gasteiger partial charge in [-0.2, -0.15) is 5.10 Å². The van der Waals surface area contributed by atoms with Crippen molar-refractivity contribution in [3.63, 3.8) is 0 Å². The lowest BCUT2D eigenvalue weighted by molar-refractivity contribution is -0.116. The molecule has 3 rings (SSSR count). The van der Waals surface area contributed by atoms with Crippen LogP contribution in [0.25, 0.3) is 0 Å². The first kappa shape index (κ1) is 13.0. The molecule has 0 aromatic carbocycles. The van der Waals surface area contributed by atoms with Crippen LogP contribution in [0.3, 0.4) is 0 Å². The van der Waals surface area contributed by atoms with Gasteiger partial charge in [-0.3, -0.25) is 4.79 Å². The van der Waals surface area contributed by atoms with E-state index in [2.05, 4.69) is 27.3 Å². The summed E-state index contributed by atoms with van der Waals surface area (Å²) in [6.45, 7) is 5.95. The van der Waals surface area contributed by atoms with Crippen LogP contribution in [-0.2, 0) is 4.79 Å². The number of carbonyl (C=O) groups is 1. The van der Waals surface area contributed by atoms with Crippen molar-refractivity contribution in [2.24, 2.45) is 11.0 Å². The molecule has 0 saturated heterocycles. The van der Waals surface area contributed by atoms with E-state index in [0.717, 1.165) is 5.75 Å². The molecule has 2 aliphatic rings. The van der Waals surface area contributed by atoms with Gasteiger partial charge in [0.15, 0.2) is 0 Å². The highest BCUT2D eigenvalue weighted by atomic mass is 32.2. The molecule has 4 nitrogen and oxygen atoms in total. The molecule has 1 aromatic heterocycles. The Kier molecular flexibility index (Phi) is 3.09. The number of rotatable bonds is 1. The normalized spacial score (nSPS) is 25.1. The Morgan fingerprint density at radius 1 is 1.53 bits per heavy atom. The first-order valence-electron chi connectivity index (χ1n) is 6.31. The van der Waals surface area contributed by atoms with Crippen LogP contribution in [0, 0.1) is 5.92 Å². The lowest BCUT2D eigenvalue weighted by atomic mass is 9.92. The van der Waals surface area contributed by atoms with Gasteiger partial charge in [-0.15, -0.1) is 23.1 Å². The zero-order valence-electron chi connectivity index (χ0n) is 11.2. The molecule has 3 heterocycles. The number of nitrogens with zero attached hydrogens (tertiary/aromatic N) is 1. The third-order valence-electron chi connectivity index (χ3n) is 3.19. The number of amides is 1. The van der Waals surface area contributed by atoms with Gasteiger partial charge < -0.3 is 10.7 Å². The van der Waals surface area contributed by atoms with Gasteiger partial charge in [-0.25, -0.2) is 0 Å². The Morgan fingerprint density at radius 3 is 3.05 bits per heavy atom.